The zero-order valence-corrected chi connectivity index (χ0v) is 16.2. The standard InChI is InChI=1S/C17H22BrN3O3/c1-11-19-14-8-6-7-13(18)15(14)21(11)10-12(22)9-20(5)16(23)24-17(2,3)4/h6-8H,9-10H2,1-5H3. The number of carbonyl (C=O) groups excluding carboxylic acids is 2. The average molecular weight is 396 g/mol. The third-order valence-electron chi connectivity index (χ3n) is 3.36. The first-order valence-electron chi connectivity index (χ1n) is 7.65. The van der Waals surface area contributed by atoms with E-state index in [-0.39, 0.29) is 18.9 Å². The number of amides is 1. The van der Waals surface area contributed by atoms with E-state index in [0.717, 1.165) is 21.3 Å². The molecule has 130 valence electrons. The van der Waals surface area contributed by atoms with Gasteiger partial charge in [0.15, 0.2) is 5.78 Å². The summed E-state index contributed by atoms with van der Waals surface area (Å²) in [5, 5.41) is 0. The van der Waals surface area contributed by atoms with Gasteiger partial charge in [-0.3, -0.25) is 4.79 Å². The Morgan fingerprint density at radius 2 is 2.00 bits per heavy atom. The molecule has 7 heteroatoms. The molecule has 24 heavy (non-hydrogen) atoms. The highest BCUT2D eigenvalue weighted by molar-refractivity contribution is 9.10. The van der Waals surface area contributed by atoms with Crippen molar-refractivity contribution >= 4 is 38.8 Å². The minimum absolute atomic E-state index is 0.0154. The summed E-state index contributed by atoms with van der Waals surface area (Å²) in [4.78, 5) is 30.1. The van der Waals surface area contributed by atoms with Crippen LogP contribution >= 0.6 is 15.9 Å². The SMILES string of the molecule is Cc1nc2cccc(Br)c2n1CC(=O)CN(C)C(=O)OC(C)(C)C. The quantitative estimate of drug-likeness (QED) is 0.793. The van der Waals surface area contributed by atoms with Crippen LogP contribution < -0.4 is 0 Å². The van der Waals surface area contributed by atoms with E-state index in [1.807, 2.05) is 29.7 Å². The number of rotatable bonds is 4. The van der Waals surface area contributed by atoms with Crippen LogP contribution in [0.25, 0.3) is 11.0 Å². The predicted molar refractivity (Wildman–Crippen MR) is 96.0 cm³/mol. The smallest absolute Gasteiger partial charge is 0.410 e. The lowest BCUT2D eigenvalue weighted by Crippen LogP contribution is -2.38. The zero-order chi connectivity index (χ0) is 18.1. The van der Waals surface area contributed by atoms with Gasteiger partial charge in [0, 0.05) is 11.5 Å². The maximum Gasteiger partial charge on any atom is 0.410 e. The number of aromatic nitrogens is 2. The maximum absolute atomic E-state index is 12.4. The van der Waals surface area contributed by atoms with Crippen LogP contribution in [0, 0.1) is 6.92 Å². The molecule has 0 aliphatic heterocycles. The van der Waals surface area contributed by atoms with Gasteiger partial charge in [-0.15, -0.1) is 0 Å². The minimum Gasteiger partial charge on any atom is -0.444 e. The first kappa shape index (κ1) is 18.4. The van der Waals surface area contributed by atoms with Gasteiger partial charge >= 0.3 is 6.09 Å². The highest BCUT2D eigenvalue weighted by atomic mass is 79.9. The van der Waals surface area contributed by atoms with Crippen molar-refractivity contribution in [2.24, 2.45) is 0 Å². The number of carbonyl (C=O) groups is 2. The van der Waals surface area contributed by atoms with Crippen LogP contribution in [0.4, 0.5) is 4.79 Å². The second-order valence-corrected chi connectivity index (χ2v) is 7.58. The van der Waals surface area contributed by atoms with Crippen molar-refractivity contribution in [3.8, 4) is 0 Å². The lowest BCUT2D eigenvalue weighted by molar-refractivity contribution is -0.120. The van der Waals surface area contributed by atoms with Crippen molar-refractivity contribution in [2.75, 3.05) is 13.6 Å². The van der Waals surface area contributed by atoms with Crippen LogP contribution in [-0.4, -0.2) is 45.5 Å². The lowest BCUT2D eigenvalue weighted by Gasteiger charge is -2.24. The van der Waals surface area contributed by atoms with E-state index in [0.29, 0.717) is 0 Å². The number of para-hydroxylation sites is 1. The highest BCUT2D eigenvalue weighted by Gasteiger charge is 2.22. The van der Waals surface area contributed by atoms with E-state index in [9.17, 15) is 9.59 Å². The fourth-order valence-corrected chi connectivity index (χ4v) is 2.92. The number of Topliss-reactive ketones (excluding diaryl/α,β-unsaturated/α-hetero) is 1. The molecule has 0 N–H and O–H groups in total. The summed E-state index contributed by atoms with van der Waals surface area (Å²) >= 11 is 3.50. The second kappa shape index (κ2) is 6.93. The number of hydrogen-bond donors (Lipinski definition) is 0. The Morgan fingerprint density at radius 3 is 2.62 bits per heavy atom. The molecule has 0 aliphatic rings. The van der Waals surface area contributed by atoms with E-state index in [1.54, 1.807) is 27.8 Å². The van der Waals surface area contributed by atoms with Crippen LogP contribution in [0.3, 0.4) is 0 Å². The molecule has 0 unspecified atom stereocenters. The van der Waals surface area contributed by atoms with Crippen molar-refractivity contribution in [2.45, 2.75) is 39.8 Å². The van der Waals surface area contributed by atoms with Crippen molar-refractivity contribution in [3.05, 3.63) is 28.5 Å². The number of fused-ring (bicyclic) bond motifs is 1. The van der Waals surface area contributed by atoms with E-state index in [1.165, 1.54) is 4.90 Å². The van der Waals surface area contributed by atoms with Gasteiger partial charge in [-0.2, -0.15) is 0 Å². The van der Waals surface area contributed by atoms with Crippen molar-refractivity contribution in [1.29, 1.82) is 0 Å². The molecule has 0 radical (unpaired) electrons. The molecule has 2 rings (SSSR count). The monoisotopic (exact) mass is 395 g/mol. The normalized spacial score (nSPS) is 11.6. The molecule has 1 aromatic carbocycles. The number of likely N-dealkylation sites (N-methyl/N-ethyl adjacent to an activating group) is 1. The first-order valence-corrected chi connectivity index (χ1v) is 8.45. The average Bonchev–Trinajstić information content (AvgIpc) is 2.74. The number of imidazole rings is 1. The zero-order valence-electron chi connectivity index (χ0n) is 14.6. The molecule has 6 nitrogen and oxygen atoms in total. The van der Waals surface area contributed by atoms with Crippen molar-refractivity contribution in [3.63, 3.8) is 0 Å². The lowest BCUT2D eigenvalue weighted by atomic mass is 10.2. The minimum atomic E-state index is -0.587. The molecule has 0 atom stereocenters. The highest BCUT2D eigenvalue weighted by Crippen LogP contribution is 2.24. The first-order chi connectivity index (χ1) is 11.1. The van der Waals surface area contributed by atoms with Crippen LogP contribution in [0.5, 0.6) is 0 Å². The Morgan fingerprint density at radius 1 is 1.33 bits per heavy atom. The van der Waals surface area contributed by atoms with Gasteiger partial charge in [0.2, 0.25) is 0 Å². The van der Waals surface area contributed by atoms with Crippen LogP contribution in [-0.2, 0) is 16.1 Å². The molecule has 2 aromatic rings. The van der Waals surface area contributed by atoms with Crippen LogP contribution in [0.1, 0.15) is 26.6 Å². The Kier molecular flexibility index (Phi) is 5.32. The molecule has 0 bridgehead atoms. The molecule has 0 aliphatic carbocycles. The number of aryl methyl sites for hydroxylation is 1. The summed E-state index contributed by atoms with van der Waals surface area (Å²) in [7, 11) is 1.56. The number of hydrogen-bond acceptors (Lipinski definition) is 4. The molecule has 0 fully saturated rings. The molecular weight excluding hydrogens is 374 g/mol. The Bertz CT molecular complexity index is 777. The Labute approximate surface area is 149 Å². The summed E-state index contributed by atoms with van der Waals surface area (Å²) in [5.41, 5.74) is 1.12. The summed E-state index contributed by atoms with van der Waals surface area (Å²) in [6, 6.07) is 5.72. The Hall–Kier alpha value is -1.89. The summed E-state index contributed by atoms with van der Waals surface area (Å²) in [5.74, 6) is 0.659. The van der Waals surface area contributed by atoms with Gasteiger partial charge in [0.25, 0.3) is 0 Å². The van der Waals surface area contributed by atoms with E-state index in [2.05, 4.69) is 20.9 Å². The molecular formula is C17H22BrN3O3. The summed E-state index contributed by atoms with van der Waals surface area (Å²) in [6.07, 6.45) is -0.510. The second-order valence-electron chi connectivity index (χ2n) is 6.73. The number of ketones is 1. The van der Waals surface area contributed by atoms with E-state index >= 15 is 0 Å². The number of benzene rings is 1. The topological polar surface area (TPSA) is 64.4 Å². The van der Waals surface area contributed by atoms with Crippen LogP contribution in [0.2, 0.25) is 0 Å². The predicted octanol–water partition coefficient (Wildman–Crippen LogP) is 3.54. The van der Waals surface area contributed by atoms with Gasteiger partial charge in [0.1, 0.15) is 11.4 Å². The molecule has 0 saturated carbocycles. The van der Waals surface area contributed by atoms with E-state index < -0.39 is 11.7 Å². The summed E-state index contributed by atoms with van der Waals surface area (Å²) < 4.78 is 7.99. The van der Waals surface area contributed by atoms with Crippen molar-refractivity contribution < 1.29 is 14.3 Å². The van der Waals surface area contributed by atoms with Gasteiger partial charge in [0.05, 0.1) is 24.1 Å². The van der Waals surface area contributed by atoms with Gasteiger partial charge in [-0.25, -0.2) is 9.78 Å². The van der Waals surface area contributed by atoms with E-state index in [4.69, 9.17) is 4.74 Å². The van der Waals surface area contributed by atoms with Crippen LogP contribution in [0.15, 0.2) is 22.7 Å². The van der Waals surface area contributed by atoms with Crippen molar-refractivity contribution in [1.82, 2.24) is 14.5 Å². The Balaban J connectivity index is 2.11. The molecule has 1 aromatic heterocycles. The number of halogens is 1. The third kappa shape index (κ3) is 4.35. The number of ether oxygens (including phenoxy) is 1. The molecule has 0 saturated heterocycles. The molecule has 1 heterocycles. The van der Waals surface area contributed by atoms with Gasteiger partial charge in [-0.05, 0) is 55.8 Å². The third-order valence-corrected chi connectivity index (χ3v) is 4.00. The maximum atomic E-state index is 12.4. The fourth-order valence-electron chi connectivity index (χ4n) is 2.35. The van der Waals surface area contributed by atoms with Gasteiger partial charge in [-0.1, -0.05) is 6.07 Å². The number of nitrogens with zero attached hydrogens (tertiary/aromatic N) is 3. The largest absolute Gasteiger partial charge is 0.444 e. The summed E-state index contributed by atoms with van der Waals surface area (Å²) in [6.45, 7) is 7.37. The molecule has 1 amide bonds. The fraction of sp³-hybridized carbons (Fsp3) is 0.471. The molecule has 0 spiro atoms. The van der Waals surface area contributed by atoms with Gasteiger partial charge < -0.3 is 14.2 Å².